The van der Waals surface area contributed by atoms with Crippen LogP contribution in [0.3, 0.4) is 0 Å². The van der Waals surface area contributed by atoms with Crippen LogP contribution in [0.1, 0.15) is 45.4 Å². The molecule has 0 spiro atoms. The van der Waals surface area contributed by atoms with E-state index in [1.807, 2.05) is 0 Å². The van der Waals surface area contributed by atoms with Gasteiger partial charge in [-0.05, 0) is 52.4 Å². The van der Waals surface area contributed by atoms with Crippen LogP contribution in [0.25, 0.3) is 0 Å². The average Bonchev–Trinajstić information content (AvgIpc) is 2.88. The van der Waals surface area contributed by atoms with Crippen LogP contribution < -0.4 is 0 Å². The van der Waals surface area contributed by atoms with E-state index < -0.39 is 0 Å². The van der Waals surface area contributed by atoms with Crippen LogP contribution in [0.15, 0.2) is 0 Å². The predicted octanol–water partition coefficient (Wildman–Crippen LogP) is 1.96. The summed E-state index contributed by atoms with van der Waals surface area (Å²) in [5, 5.41) is 9.71. The van der Waals surface area contributed by atoms with Crippen molar-refractivity contribution in [1.82, 2.24) is 9.80 Å². The van der Waals surface area contributed by atoms with Gasteiger partial charge in [0.1, 0.15) is 0 Å². The number of likely N-dealkylation sites (tertiary alicyclic amines) is 1. The molecule has 18 heavy (non-hydrogen) atoms. The van der Waals surface area contributed by atoms with E-state index in [9.17, 15) is 5.11 Å². The topological polar surface area (TPSA) is 26.7 Å². The van der Waals surface area contributed by atoms with Crippen LogP contribution in [-0.2, 0) is 0 Å². The van der Waals surface area contributed by atoms with Crippen LogP contribution in [0, 0.1) is 5.41 Å². The zero-order valence-electron chi connectivity index (χ0n) is 12.2. The predicted molar refractivity (Wildman–Crippen MR) is 75.8 cm³/mol. The average molecular weight is 254 g/mol. The standard InChI is InChI=1S/C15H30N2O/c1-3-17-10-6-14(7-11-17)16(2)12-15(13-18)8-4-5-9-15/h14,18H,3-13H2,1-2H3. The first-order valence-electron chi connectivity index (χ1n) is 7.72. The van der Waals surface area contributed by atoms with E-state index in [4.69, 9.17) is 0 Å². The number of hydrogen-bond acceptors (Lipinski definition) is 3. The van der Waals surface area contributed by atoms with Crippen molar-refractivity contribution in [3.63, 3.8) is 0 Å². The van der Waals surface area contributed by atoms with Gasteiger partial charge in [-0.2, -0.15) is 0 Å². The molecule has 2 aliphatic rings. The molecule has 0 unspecified atom stereocenters. The van der Waals surface area contributed by atoms with Crippen molar-refractivity contribution < 1.29 is 5.11 Å². The maximum absolute atomic E-state index is 9.71. The Kier molecular flexibility index (Phi) is 5.05. The molecule has 0 atom stereocenters. The molecule has 3 heteroatoms. The lowest BCUT2D eigenvalue weighted by molar-refractivity contribution is 0.0517. The molecule has 2 rings (SSSR count). The molecule has 1 aliphatic carbocycles. The summed E-state index contributed by atoms with van der Waals surface area (Å²) >= 11 is 0. The molecule has 0 aromatic rings. The van der Waals surface area contributed by atoms with Gasteiger partial charge < -0.3 is 14.9 Å². The normalized spacial score (nSPS) is 26.0. The summed E-state index contributed by atoms with van der Waals surface area (Å²) in [6, 6.07) is 0.733. The van der Waals surface area contributed by atoms with E-state index >= 15 is 0 Å². The second kappa shape index (κ2) is 6.36. The minimum Gasteiger partial charge on any atom is -0.396 e. The summed E-state index contributed by atoms with van der Waals surface area (Å²) < 4.78 is 0. The Morgan fingerprint density at radius 1 is 1.22 bits per heavy atom. The lowest BCUT2D eigenvalue weighted by atomic mass is 9.86. The lowest BCUT2D eigenvalue weighted by Crippen LogP contribution is -2.47. The van der Waals surface area contributed by atoms with Gasteiger partial charge in [0.25, 0.3) is 0 Å². The Hall–Kier alpha value is -0.120. The van der Waals surface area contributed by atoms with Crippen molar-refractivity contribution >= 4 is 0 Å². The minimum atomic E-state index is 0.219. The first-order valence-corrected chi connectivity index (χ1v) is 7.72. The second-order valence-electron chi connectivity index (χ2n) is 6.45. The van der Waals surface area contributed by atoms with Gasteiger partial charge in [-0.15, -0.1) is 0 Å². The molecule has 3 nitrogen and oxygen atoms in total. The zero-order chi connectivity index (χ0) is 13.0. The number of nitrogens with zero attached hydrogens (tertiary/aromatic N) is 2. The molecule has 0 radical (unpaired) electrons. The van der Waals surface area contributed by atoms with Crippen LogP contribution >= 0.6 is 0 Å². The van der Waals surface area contributed by atoms with Crippen LogP contribution in [-0.4, -0.2) is 60.8 Å². The number of rotatable bonds is 5. The molecule has 0 aromatic heterocycles. The van der Waals surface area contributed by atoms with Crippen molar-refractivity contribution in [1.29, 1.82) is 0 Å². The quantitative estimate of drug-likeness (QED) is 0.812. The van der Waals surface area contributed by atoms with Gasteiger partial charge in [0.2, 0.25) is 0 Å². The van der Waals surface area contributed by atoms with Gasteiger partial charge >= 0.3 is 0 Å². The van der Waals surface area contributed by atoms with E-state index in [2.05, 4.69) is 23.8 Å². The van der Waals surface area contributed by atoms with Gasteiger partial charge in [-0.25, -0.2) is 0 Å². The Balaban J connectivity index is 1.82. The van der Waals surface area contributed by atoms with Gasteiger partial charge in [0.15, 0.2) is 0 Å². The molecule has 2 fully saturated rings. The molecule has 1 saturated heterocycles. The third-order valence-electron chi connectivity index (χ3n) is 5.21. The summed E-state index contributed by atoms with van der Waals surface area (Å²) in [6.45, 7) is 7.42. The van der Waals surface area contributed by atoms with Gasteiger partial charge in [0, 0.05) is 24.6 Å². The fourth-order valence-electron chi connectivity index (χ4n) is 3.83. The first kappa shape index (κ1) is 14.3. The van der Waals surface area contributed by atoms with Crippen LogP contribution in [0.2, 0.25) is 0 Å². The maximum Gasteiger partial charge on any atom is 0.0499 e. The van der Waals surface area contributed by atoms with Crippen molar-refractivity contribution in [3.05, 3.63) is 0 Å². The van der Waals surface area contributed by atoms with Crippen molar-refractivity contribution in [2.75, 3.05) is 39.8 Å². The maximum atomic E-state index is 9.71. The summed E-state index contributed by atoms with van der Waals surface area (Å²) in [6.07, 6.45) is 7.66. The largest absolute Gasteiger partial charge is 0.396 e. The van der Waals surface area contributed by atoms with E-state index in [0.717, 1.165) is 12.6 Å². The highest BCUT2D eigenvalue weighted by Crippen LogP contribution is 2.38. The fraction of sp³-hybridized carbons (Fsp3) is 1.00. The van der Waals surface area contributed by atoms with E-state index in [0.29, 0.717) is 6.61 Å². The first-order chi connectivity index (χ1) is 8.69. The molecule has 1 N–H and O–H groups in total. The van der Waals surface area contributed by atoms with E-state index in [1.165, 1.54) is 58.2 Å². The van der Waals surface area contributed by atoms with E-state index in [-0.39, 0.29) is 5.41 Å². The fourth-order valence-corrected chi connectivity index (χ4v) is 3.83. The van der Waals surface area contributed by atoms with Gasteiger partial charge in [0.05, 0.1) is 0 Å². The molecule has 106 valence electrons. The monoisotopic (exact) mass is 254 g/mol. The summed E-state index contributed by atoms with van der Waals surface area (Å²) in [7, 11) is 2.27. The van der Waals surface area contributed by atoms with Crippen molar-refractivity contribution in [2.45, 2.75) is 51.5 Å². The molecular weight excluding hydrogens is 224 g/mol. The van der Waals surface area contributed by atoms with Gasteiger partial charge in [-0.3, -0.25) is 0 Å². The van der Waals surface area contributed by atoms with Gasteiger partial charge in [-0.1, -0.05) is 19.8 Å². The molecule has 1 heterocycles. The zero-order valence-corrected chi connectivity index (χ0v) is 12.2. The molecule has 0 bridgehead atoms. The highest BCUT2D eigenvalue weighted by molar-refractivity contribution is 4.89. The third kappa shape index (κ3) is 3.25. The summed E-state index contributed by atoms with van der Waals surface area (Å²) in [5.41, 5.74) is 0.219. The minimum absolute atomic E-state index is 0.219. The number of aliphatic hydroxyl groups is 1. The molecular formula is C15H30N2O. The van der Waals surface area contributed by atoms with Crippen LogP contribution in [0.4, 0.5) is 0 Å². The SMILES string of the molecule is CCN1CCC(N(C)CC2(CO)CCCC2)CC1. The molecule has 1 saturated carbocycles. The highest BCUT2D eigenvalue weighted by Gasteiger charge is 2.36. The Morgan fingerprint density at radius 2 is 1.83 bits per heavy atom. The second-order valence-corrected chi connectivity index (χ2v) is 6.45. The highest BCUT2D eigenvalue weighted by atomic mass is 16.3. The number of aliphatic hydroxyl groups excluding tert-OH is 1. The number of hydrogen-bond donors (Lipinski definition) is 1. The third-order valence-corrected chi connectivity index (χ3v) is 5.21. The Labute approximate surface area is 112 Å². The van der Waals surface area contributed by atoms with Crippen molar-refractivity contribution in [2.24, 2.45) is 5.41 Å². The van der Waals surface area contributed by atoms with Crippen LogP contribution in [0.5, 0.6) is 0 Å². The summed E-state index contributed by atoms with van der Waals surface area (Å²) in [5.74, 6) is 0. The molecule has 1 aliphatic heterocycles. The van der Waals surface area contributed by atoms with Crippen molar-refractivity contribution in [3.8, 4) is 0 Å². The Morgan fingerprint density at radius 3 is 2.33 bits per heavy atom. The lowest BCUT2D eigenvalue weighted by Gasteiger charge is -2.40. The molecule has 0 aromatic carbocycles. The Bertz CT molecular complexity index is 243. The molecule has 0 amide bonds. The number of piperidine rings is 1. The smallest absolute Gasteiger partial charge is 0.0499 e. The van der Waals surface area contributed by atoms with E-state index in [1.54, 1.807) is 0 Å². The summed E-state index contributed by atoms with van der Waals surface area (Å²) in [4.78, 5) is 5.08.